The molecule has 0 saturated carbocycles. The molecule has 0 heterocycles. The fraction of sp³-hybridized carbons (Fsp3) is 1.00. The monoisotopic (exact) mass is 478 g/mol. The minimum atomic E-state index is 0. The zero-order valence-corrected chi connectivity index (χ0v) is 23.9. The van der Waals surface area contributed by atoms with Gasteiger partial charge in [-0.3, -0.25) is 0 Å². The van der Waals surface area contributed by atoms with Gasteiger partial charge in [-0.15, -0.1) is 33.0 Å². The SMILES string of the molecule is CCCC[O-].CCCC[O-].CCCC[O-].CCCC[O-].CCCC[O-].CCC[O][Al+2].[Al+3]. The van der Waals surface area contributed by atoms with Gasteiger partial charge in [0, 0.05) is 0 Å². The molecule has 0 saturated heterocycles. The quantitative estimate of drug-likeness (QED) is 0.383. The van der Waals surface area contributed by atoms with Crippen molar-refractivity contribution in [3.8, 4) is 0 Å². The van der Waals surface area contributed by atoms with Crippen LogP contribution < -0.4 is 25.5 Å². The van der Waals surface area contributed by atoms with Gasteiger partial charge in [0.2, 0.25) is 0 Å². The molecular formula is C23H52Al2O6. The first kappa shape index (κ1) is 49.1. The van der Waals surface area contributed by atoms with E-state index in [1.54, 1.807) is 0 Å². The molecule has 0 aliphatic heterocycles. The summed E-state index contributed by atoms with van der Waals surface area (Å²) in [5, 5.41) is 47.6. The molecule has 31 heavy (non-hydrogen) atoms. The standard InChI is InChI=1S/5C4H9O.C3H7O.2Al/c5*1-2-3-4-5;1-2-3-4;;/h5*2-4H2,1H3;2-3H2,1H3;;/q6*-1;2*+3. The predicted octanol–water partition coefficient (Wildman–Crippen LogP) is 0.850. The number of rotatable bonds is 12. The summed E-state index contributed by atoms with van der Waals surface area (Å²) in [6.07, 6.45) is 10.4. The maximum Gasteiger partial charge on any atom is 3.00 e. The van der Waals surface area contributed by atoms with Gasteiger partial charge in [0.15, 0.2) is 0 Å². The fourth-order valence-electron chi connectivity index (χ4n) is 0.840. The van der Waals surface area contributed by atoms with E-state index in [1.807, 2.05) is 34.6 Å². The molecule has 0 aromatic rings. The molecular weight excluding hydrogens is 426 g/mol. The molecule has 0 N–H and O–H groups in total. The van der Waals surface area contributed by atoms with Crippen LogP contribution >= 0.6 is 0 Å². The van der Waals surface area contributed by atoms with Crippen LogP contribution in [0.5, 0.6) is 0 Å². The summed E-state index contributed by atoms with van der Waals surface area (Å²) in [5.74, 6) is 0. The van der Waals surface area contributed by atoms with Crippen LogP contribution in [-0.4, -0.2) is 73.6 Å². The maximum absolute atomic E-state index is 9.53. The first-order chi connectivity index (χ1) is 14.5. The zero-order chi connectivity index (χ0) is 24.7. The normalized spacial score (nSPS) is 8.16. The van der Waals surface area contributed by atoms with Gasteiger partial charge in [0.05, 0.1) is 0 Å². The molecule has 6 nitrogen and oxygen atoms in total. The first-order valence-corrected chi connectivity index (χ1v) is 12.2. The van der Waals surface area contributed by atoms with Crippen LogP contribution in [0.4, 0.5) is 0 Å². The van der Waals surface area contributed by atoms with Gasteiger partial charge < -0.3 is 25.5 Å². The van der Waals surface area contributed by atoms with Crippen molar-refractivity contribution < 1.29 is 29.3 Å². The van der Waals surface area contributed by atoms with Crippen molar-refractivity contribution in [3.05, 3.63) is 0 Å². The van der Waals surface area contributed by atoms with Gasteiger partial charge in [-0.2, -0.15) is 0 Å². The molecule has 0 radical (unpaired) electrons. The minimum Gasteiger partial charge on any atom is 3.00 e. The maximum atomic E-state index is 9.53. The van der Waals surface area contributed by atoms with E-state index in [1.165, 1.54) is 0 Å². The molecule has 0 spiro atoms. The summed E-state index contributed by atoms with van der Waals surface area (Å²) >= 11 is 2.20. The molecule has 0 bridgehead atoms. The Morgan fingerprint density at radius 3 is 0.645 bits per heavy atom. The third-order valence-corrected chi connectivity index (χ3v) is 3.05. The molecule has 0 aliphatic rings. The van der Waals surface area contributed by atoms with E-state index in [9.17, 15) is 25.5 Å². The fourth-order valence-corrected chi connectivity index (χ4v) is 1.08. The first-order valence-electron chi connectivity index (χ1n) is 11.7. The van der Waals surface area contributed by atoms with Crippen LogP contribution in [0.25, 0.3) is 0 Å². The number of unbranched alkanes of at least 4 members (excludes halogenated alkanes) is 5. The number of hydrogen-bond donors (Lipinski definition) is 0. The Labute approximate surface area is 214 Å². The largest absolute Gasteiger partial charge is 3.00 e. The Bertz CT molecular complexity index is 124. The summed E-state index contributed by atoms with van der Waals surface area (Å²) in [6, 6.07) is 0. The molecule has 0 atom stereocenters. The van der Waals surface area contributed by atoms with E-state index in [2.05, 4.69) is 27.3 Å². The van der Waals surface area contributed by atoms with Gasteiger partial charge in [0.25, 0.3) is 0 Å². The van der Waals surface area contributed by atoms with Crippen molar-refractivity contribution in [1.82, 2.24) is 0 Å². The molecule has 0 aromatic heterocycles. The van der Waals surface area contributed by atoms with Gasteiger partial charge in [-0.25, -0.2) is 0 Å². The molecule has 0 fully saturated rings. The summed E-state index contributed by atoms with van der Waals surface area (Å²) in [4.78, 5) is 0. The molecule has 0 amide bonds. The van der Waals surface area contributed by atoms with Crippen molar-refractivity contribution in [2.75, 3.05) is 39.6 Å². The average Bonchev–Trinajstić information content (AvgIpc) is 2.74. The Morgan fingerprint density at radius 1 is 0.452 bits per heavy atom. The summed E-state index contributed by atoms with van der Waals surface area (Å²) in [5.41, 5.74) is 0. The van der Waals surface area contributed by atoms with Crippen molar-refractivity contribution >= 4 is 34.0 Å². The Kier molecular flexibility index (Phi) is 122. The van der Waals surface area contributed by atoms with Crippen molar-refractivity contribution in [2.45, 2.75) is 112 Å². The van der Waals surface area contributed by atoms with Gasteiger partial charge in [0.1, 0.15) is 0 Å². The molecule has 0 rings (SSSR count). The molecule has 186 valence electrons. The third kappa shape index (κ3) is 156. The van der Waals surface area contributed by atoms with E-state index >= 15 is 0 Å². The van der Waals surface area contributed by atoms with Crippen LogP contribution in [0.3, 0.4) is 0 Å². The van der Waals surface area contributed by atoms with Crippen LogP contribution in [0.15, 0.2) is 0 Å². The second-order valence-corrected chi connectivity index (χ2v) is 6.49. The minimum absolute atomic E-state index is 0. The average molecular weight is 479 g/mol. The molecule has 8 heteroatoms. The Hall–Kier alpha value is 0.825. The van der Waals surface area contributed by atoms with E-state index in [-0.39, 0.29) is 50.4 Å². The van der Waals surface area contributed by atoms with Crippen molar-refractivity contribution in [2.24, 2.45) is 0 Å². The zero-order valence-electron chi connectivity index (χ0n) is 21.6. The Morgan fingerprint density at radius 2 is 0.645 bits per heavy atom. The van der Waals surface area contributed by atoms with Gasteiger partial charge >= 0.3 is 57.7 Å². The van der Waals surface area contributed by atoms with Gasteiger partial charge in [-0.1, -0.05) is 98.8 Å². The van der Waals surface area contributed by atoms with Gasteiger partial charge in [-0.05, 0) is 0 Å². The van der Waals surface area contributed by atoms with Crippen molar-refractivity contribution in [1.29, 1.82) is 0 Å². The smallest absolute Gasteiger partial charge is 3.00 e. The van der Waals surface area contributed by atoms with Crippen LogP contribution in [0.2, 0.25) is 0 Å². The molecule has 0 aromatic carbocycles. The van der Waals surface area contributed by atoms with Crippen molar-refractivity contribution in [3.63, 3.8) is 0 Å². The van der Waals surface area contributed by atoms with E-state index in [4.69, 9.17) is 0 Å². The second kappa shape index (κ2) is 77.4. The third-order valence-electron chi connectivity index (χ3n) is 2.81. The van der Waals surface area contributed by atoms with Crippen LogP contribution in [-0.2, 0) is 3.79 Å². The number of hydrogen-bond acceptors (Lipinski definition) is 6. The summed E-state index contributed by atoms with van der Waals surface area (Å²) < 4.78 is 4.61. The predicted molar refractivity (Wildman–Crippen MR) is 127 cm³/mol. The summed E-state index contributed by atoms with van der Waals surface area (Å²) in [6.45, 7) is 13.5. The second-order valence-electron chi connectivity index (χ2n) is 6.16. The van der Waals surface area contributed by atoms with E-state index in [0.29, 0.717) is 0 Å². The topological polar surface area (TPSA) is 125 Å². The summed E-state index contributed by atoms with van der Waals surface area (Å²) in [7, 11) is 0. The van der Waals surface area contributed by atoms with Crippen LogP contribution in [0, 0.1) is 0 Å². The Balaban J connectivity index is -0.0000000443. The van der Waals surface area contributed by atoms with E-state index in [0.717, 1.165) is 77.2 Å². The molecule has 0 unspecified atom stereocenters. The van der Waals surface area contributed by atoms with E-state index < -0.39 is 0 Å². The van der Waals surface area contributed by atoms with Crippen LogP contribution in [0.1, 0.15) is 112 Å². The molecule has 0 aliphatic carbocycles.